The number of aromatic nitrogens is 6. The summed E-state index contributed by atoms with van der Waals surface area (Å²) in [6, 6.07) is 0. The van der Waals surface area contributed by atoms with Gasteiger partial charge in [0.1, 0.15) is 25.7 Å². The lowest BCUT2D eigenvalue weighted by Crippen LogP contribution is -2.16. The SMILES string of the molecule is OC(c1ncn(CC(F)F)n1)c1ncnn1CC(F)F. The van der Waals surface area contributed by atoms with Gasteiger partial charge in [-0.3, -0.25) is 0 Å². The van der Waals surface area contributed by atoms with Gasteiger partial charge in [-0.2, -0.15) is 10.2 Å². The lowest BCUT2D eigenvalue weighted by molar-refractivity contribution is 0.112. The molecule has 0 fully saturated rings. The second kappa shape index (κ2) is 5.94. The summed E-state index contributed by atoms with van der Waals surface area (Å²) in [5, 5.41) is 17.1. The Kier molecular flexibility index (Phi) is 4.27. The molecular weight excluding hydrogens is 284 g/mol. The number of alkyl halides is 4. The first-order valence-electron chi connectivity index (χ1n) is 5.48. The van der Waals surface area contributed by atoms with Crippen molar-refractivity contribution in [3.8, 4) is 0 Å². The predicted octanol–water partition coefficient (Wildman–Crippen LogP) is 0.482. The van der Waals surface area contributed by atoms with Crippen molar-refractivity contribution in [3.63, 3.8) is 0 Å². The first-order valence-corrected chi connectivity index (χ1v) is 5.48. The summed E-state index contributed by atoms with van der Waals surface area (Å²) in [5.74, 6) is -0.394. The summed E-state index contributed by atoms with van der Waals surface area (Å²) in [6.07, 6.45) is -4.80. The molecule has 2 aromatic heterocycles. The molecule has 0 bridgehead atoms. The summed E-state index contributed by atoms with van der Waals surface area (Å²) in [4.78, 5) is 7.29. The van der Waals surface area contributed by atoms with Gasteiger partial charge in [-0.25, -0.2) is 36.9 Å². The highest BCUT2D eigenvalue weighted by molar-refractivity contribution is 5.04. The number of hydrogen-bond donors (Lipinski definition) is 1. The Morgan fingerprint density at radius 3 is 2.45 bits per heavy atom. The van der Waals surface area contributed by atoms with E-state index in [1.807, 2.05) is 0 Å². The van der Waals surface area contributed by atoms with E-state index in [-0.39, 0.29) is 11.6 Å². The van der Waals surface area contributed by atoms with Crippen molar-refractivity contribution >= 4 is 0 Å². The fraction of sp³-hybridized carbons (Fsp3) is 0.556. The lowest BCUT2D eigenvalue weighted by Gasteiger charge is -2.08. The quantitative estimate of drug-likeness (QED) is 0.784. The van der Waals surface area contributed by atoms with Crippen LogP contribution in [0.25, 0.3) is 0 Å². The maximum absolute atomic E-state index is 12.3. The maximum atomic E-state index is 12.3. The molecule has 2 aromatic rings. The van der Waals surface area contributed by atoms with E-state index >= 15 is 0 Å². The van der Waals surface area contributed by atoms with Gasteiger partial charge in [0.15, 0.2) is 17.8 Å². The summed E-state index contributed by atoms with van der Waals surface area (Å²) in [7, 11) is 0. The molecule has 11 heteroatoms. The maximum Gasteiger partial charge on any atom is 0.257 e. The molecule has 0 spiro atoms. The number of nitrogens with zero attached hydrogens (tertiary/aromatic N) is 6. The van der Waals surface area contributed by atoms with Crippen molar-refractivity contribution < 1.29 is 22.7 Å². The molecule has 1 atom stereocenters. The van der Waals surface area contributed by atoms with Crippen molar-refractivity contribution in [3.05, 3.63) is 24.3 Å². The van der Waals surface area contributed by atoms with Crippen LogP contribution in [0, 0.1) is 0 Å². The second-order valence-corrected chi connectivity index (χ2v) is 3.81. The van der Waals surface area contributed by atoms with Crippen LogP contribution in [0.3, 0.4) is 0 Å². The molecule has 0 saturated heterocycles. The molecule has 0 aliphatic carbocycles. The number of aliphatic hydroxyl groups is 1. The van der Waals surface area contributed by atoms with Gasteiger partial charge in [0.05, 0.1) is 0 Å². The zero-order valence-electron chi connectivity index (χ0n) is 9.94. The molecule has 20 heavy (non-hydrogen) atoms. The fourth-order valence-electron chi connectivity index (χ4n) is 1.54. The third-order valence-corrected chi connectivity index (χ3v) is 2.32. The van der Waals surface area contributed by atoms with Crippen molar-refractivity contribution in [2.45, 2.75) is 32.0 Å². The first-order chi connectivity index (χ1) is 9.47. The van der Waals surface area contributed by atoms with Gasteiger partial charge >= 0.3 is 0 Å². The van der Waals surface area contributed by atoms with Gasteiger partial charge in [0, 0.05) is 0 Å². The van der Waals surface area contributed by atoms with Gasteiger partial charge in [-0.05, 0) is 0 Å². The van der Waals surface area contributed by atoms with E-state index in [1.165, 1.54) is 0 Å². The number of hydrogen-bond acceptors (Lipinski definition) is 5. The van der Waals surface area contributed by atoms with Crippen LogP contribution in [-0.2, 0) is 13.1 Å². The number of aliphatic hydroxyl groups excluding tert-OH is 1. The second-order valence-electron chi connectivity index (χ2n) is 3.81. The summed E-state index contributed by atoms with van der Waals surface area (Å²) >= 11 is 0. The normalized spacial score (nSPS) is 13.3. The van der Waals surface area contributed by atoms with Crippen LogP contribution in [0.5, 0.6) is 0 Å². The Labute approximate surface area is 109 Å². The highest BCUT2D eigenvalue weighted by Crippen LogP contribution is 2.16. The highest BCUT2D eigenvalue weighted by Gasteiger charge is 2.23. The average molecular weight is 294 g/mol. The largest absolute Gasteiger partial charge is 0.377 e. The van der Waals surface area contributed by atoms with E-state index in [0.29, 0.717) is 0 Å². The van der Waals surface area contributed by atoms with Crippen LogP contribution < -0.4 is 0 Å². The predicted molar refractivity (Wildman–Crippen MR) is 56.1 cm³/mol. The minimum Gasteiger partial charge on any atom is -0.377 e. The highest BCUT2D eigenvalue weighted by atomic mass is 19.3. The molecule has 1 unspecified atom stereocenters. The molecular formula is C9H10F4N6O. The van der Waals surface area contributed by atoms with E-state index in [4.69, 9.17) is 0 Å². The van der Waals surface area contributed by atoms with Crippen molar-refractivity contribution in [1.82, 2.24) is 29.5 Å². The van der Waals surface area contributed by atoms with Crippen molar-refractivity contribution in [2.24, 2.45) is 0 Å². The number of halogens is 4. The van der Waals surface area contributed by atoms with Crippen LogP contribution in [0.15, 0.2) is 12.7 Å². The van der Waals surface area contributed by atoms with Gasteiger partial charge in [-0.15, -0.1) is 0 Å². The van der Waals surface area contributed by atoms with Crippen LogP contribution in [-0.4, -0.2) is 47.5 Å². The van der Waals surface area contributed by atoms with E-state index in [1.54, 1.807) is 0 Å². The topological polar surface area (TPSA) is 81.7 Å². The zero-order valence-corrected chi connectivity index (χ0v) is 9.94. The average Bonchev–Trinajstić information content (AvgIpc) is 2.96. The van der Waals surface area contributed by atoms with Gasteiger partial charge in [0.25, 0.3) is 12.9 Å². The Hall–Kier alpha value is -2.04. The van der Waals surface area contributed by atoms with Gasteiger partial charge < -0.3 is 5.11 Å². The minimum atomic E-state index is -2.67. The molecule has 7 nitrogen and oxygen atoms in total. The Balaban J connectivity index is 2.16. The van der Waals surface area contributed by atoms with Gasteiger partial charge in [-0.1, -0.05) is 0 Å². The van der Waals surface area contributed by atoms with Crippen molar-refractivity contribution in [1.29, 1.82) is 0 Å². The van der Waals surface area contributed by atoms with Crippen LogP contribution in [0.2, 0.25) is 0 Å². The Morgan fingerprint density at radius 1 is 1.10 bits per heavy atom. The molecule has 0 saturated carbocycles. The van der Waals surface area contributed by atoms with Crippen LogP contribution >= 0.6 is 0 Å². The molecule has 1 N–H and O–H groups in total. The number of rotatable bonds is 6. The minimum absolute atomic E-state index is 0.180. The molecule has 2 heterocycles. The first kappa shape index (κ1) is 14.4. The third kappa shape index (κ3) is 3.29. The standard InChI is InChI=1S/C9H10F4N6O/c10-5(11)1-18-4-15-8(17-18)7(20)9-14-3-16-19(9)2-6(12)13/h3-7,20H,1-2H2. The van der Waals surface area contributed by atoms with Crippen molar-refractivity contribution in [2.75, 3.05) is 0 Å². The molecule has 0 amide bonds. The molecule has 110 valence electrons. The monoisotopic (exact) mass is 294 g/mol. The Bertz CT molecular complexity index is 556. The molecule has 0 radical (unpaired) electrons. The Morgan fingerprint density at radius 2 is 1.80 bits per heavy atom. The van der Waals surface area contributed by atoms with E-state index < -0.39 is 32.0 Å². The third-order valence-electron chi connectivity index (χ3n) is 2.32. The molecule has 0 aromatic carbocycles. The zero-order chi connectivity index (χ0) is 14.7. The molecule has 0 aliphatic rings. The summed E-state index contributed by atoms with van der Waals surface area (Å²) in [5.41, 5.74) is 0. The van der Waals surface area contributed by atoms with Crippen LogP contribution in [0.1, 0.15) is 17.8 Å². The summed E-state index contributed by atoms with van der Waals surface area (Å²) in [6.45, 7) is -1.42. The fourth-order valence-corrected chi connectivity index (χ4v) is 1.54. The van der Waals surface area contributed by atoms with Gasteiger partial charge in [0.2, 0.25) is 0 Å². The smallest absolute Gasteiger partial charge is 0.257 e. The van der Waals surface area contributed by atoms with E-state index in [0.717, 1.165) is 22.0 Å². The molecule has 2 rings (SSSR count). The van der Waals surface area contributed by atoms with E-state index in [9.17, 15) is 22.7 Å². The lowest BCUT2D eigenvalue weighted by atomic mass is 10.3. The van der Waals surface area contributed by atoms with Crippen LogP contribution in [0.4, 0.5) is 17.6 Å². The molecule has 0 aliphatic heterocycles. The van der Waals surface area contributed by atoms with E-state index in [2.05, 4.69) is 20.2 Å². The summed E-state index contributed by atoms with van der Waals surface area (Å²) < 4.78 is 50.6.